The molecule has 1 rings (SSSR count). The summed E-state index contributed by atoms with van der Waals surface area (Å²) < 4.78 is 0. The van der Waals surface area contributed by atoms with Gasteiger partial charge in [0.05, 0.1) is 0 Å². The SMILES string of the molecule is CC.CC1CN(C(C)C)C(C)CN1C. The smallest absolute Gasteiger partial charge is 0.0198 e. The van der Waals surface area contributed by atoms with E-state index in [1.165, 1.54) is 13.1 Å². The minimum Gasteiger partial charge on any atom is -0.301 e. The molecule has 0 aromatic heterocycles. The number of piperazine rings is 1. The summed E-state index contributed by atoms with van der Waals surface area (Å²) in [7, 11) is 2.22. The van der Waals surface area contributed by atoms with Crippen LogP contribution in [-0.4, -0.2) is 48.1 Å². The molecule has 2 unspecified atom stereocenters. The summed E-state index contributed by atoms with van der Waals surface area (Å²) in [4.78, 5) is 5.04. The zero-order valence-electron chi connectivity index (χ0n) is 11.0. The van der Waals surface area contributed by atoms with Crippen LogP contribution in [-0.2, 0) is 0 Å². The highest BCUT2D eigenvalue weighted by Crippen LogP contribution is 2.15. The molecule has 2 heteroatoms. The third-order valence-corrected chi connectivity index (χ3v) is 3.01. The molecule has 0 aliphatic carbocycles. The van der Waals surface area contributed by atoms with Gasteiger partial charge >= 0.3 is 0 Å². The van der Waals surface area contributed by atoms with Crippen LogP contribution in [0.3, 0.4) is 0 Å². The first-order valence-corrected chi connectivity index (χ1v) is 5.98. The number of rotatable bonds is 1. The summed E-state index contributed by atoms with van der Waals surface area (Å²) in [5.74, 6) is 0. The lowest BCUT2D eigenvalue weighted by Crippen LogP contribution is -2.56. The largest absolute Gasteiger partial charge is 0.301 e. The molecule has 1 heterocycles. The van der Waals surface area contributed by atoms with E-state index in [2.05, 4.69) is 44.5 Å². The second-order valence-corrected chi connectivity index (χ2v) is 4.43. The van der Waals surface area contributed by atoms with Crippen LogP contribution >= 0.6 is 0 Å². The standard InChI is InChI=1S/C10H22N2.C2H6/c1-8(2)12-7-9(3)11(5)6-10(12)4;1-2/h8-10H,6-7H2,1-5H3;1-2H3. The van der Waals surface area contributed by atoms with Gasteiger partial charge in [-0.15, -0.1) is 0 Å². The molecule has 0 bridgehead atoms. The van der Waals surface area contributed by atoms with Crippen molar-refractivity contribution in [2.24, 2.45) is 0 Å². The molecule has 0 saturated carbocycles. The van der Waals surface area contributed by atoms with Crippen molar-refractivity contribution in [3.8, 4) is 0 Å². The second-order valence-electron chi connectivity index (χ2n) is 4.43. The van der Waals surface area contributed by atoms with E-state index in [4.69, 9.17) is 0 Å². The highest BCUT2D eigenvalue weighted by Gasteiger charge is 2.27. The van der Waals surface area contributed by atoms with E-state index in [9.17, 15) is 0 Å². The predicted octanol–water partition coefficient (Wildman–Crippen LogP) is 2.45. The molecule has 14 heavy (non-hydrogen) atoms. The Bertz CT molecular complexity index is 145. The van der Waals surface area contributed by atoms with Crippen molar-refractivity contribution in [2.45, 2.75) is 59.7 Å². The summed E-state index contributed by atoms with van der Waals surface area (Å²) in [5, 5.41) is 0. The minimum absolute atomic E-state index is 0.691. The summed E-state index contributed by atoms with van der Waals surface area (Å²) in [6.45, 7) is 15.6. The van der Waals surface area contributed by atoms with Gasteiger partial charge in [-0.1, -0.05) is 13.8 Å². The molecule has 0 N–H and O–H groups in total. The molecule has 0 aromatic carbocycles. The third kappa shape index (κ3) is 3.58. The lowest BCUT2D eigenvalue weighted by Gasteiger charge is -2.44. The fraction of sp³-hybridized carbons (Fsp3) is 1.00. The van der Waals surface area contributed by atoms with Gasteiger partial charge in [0.15, 0.2) is 0 Å². The Hall–Kier alpha value is -0.0800. The highest BCUT2D eigenvalue weighted by atomic mass is 15.3. The molecule has 0 radical (unpaired) electrons. The quantitative estimate of drug-likeness (QED) is 0.641. The summed E-state index contributed by atoms with van der Waals surface area (Å²) >= 11 is 0. The molecule has 2 atom stereocenters. The molecular formula is C12H28N2. The van der Waals surface area contributed by atoms with E-state index in [0.717, 1.165) is 0 Å². The fourth-order valence-corrected chi connectivity index (χ4v) is 2.05. The Kier molecular flexibility index (Phi) is 6.38. The van der Waals surface area contributed by atoms with Gasteiger partial charge in [-0.2, -0.15) is 0 Å². The average Bonchev–Trinajstić information content (AvgIpc) is 2.14. The maximum Gasteiger partial charge on any atom is 0.0198 e. The van der Waals surface area contributed by atoms with Gasteiger partial charge in [0.25, 0.3) is 0 Å². The molecule has 1 aliphatic heterocycles. The van der Waals surface area contributed by atoms with Gasteiger partial charge in [-0.3, -0.25) is 4.90 Å². The van der Waals surface area contributed by atoms with Crippen LogP contribution in [0.25, 0.3) is 0 Å². The predicted molar refractivity (Wildman–Crippen MR) is 64.7 cm³/mol. The van der Waals surface area contributed by atoms with E-state index in [0.29, 0.717) is 18.1 Å². The molecule has 1 saturated heterocycles. The van der Waals surface area contributed by atoms with Crippen LogP contribution in [0.5, 0.6) is 0 Å². The van der Waals surface area contributed by atoms with Crippen molar-refractivity contribution in [1.29, 1.82) is 0 Å². The molecule has 0 aromatic rings. The van der Waals surface area contributed by atoms with Gasteiger partial charge in [-0.25, -0.2) is 0 Å². The van der Waals surface area contributed by atoms with E-state index in [-0.39, 0.29) is 0 Å². The Labute approximate surface area is 90.3 Å². The molecule has 2 nitrogen and oxygen atoms in total. The van der Waals surface area contributed by atoms with Gasteiger partial charge in [0, 0.05) is 31.2 Å². The van der Waals surface area contributed by atoms with Gasteiger partial charge in [0.2, 0.25) is 0 Å². The zero-order chi connectivity index (χ0) is 11.3. The van der Waals surface area contributed by atoms with E-state index in [1.54, 1.807) is 0 Å². The molecule has 1 fully saturated rings. The normalized spacial score (nSPS) is 30.0. The van der Waals surface area contributed by atoms with Crippen LogP contribution in [0.15, 0.2) is 0 Å². The van der Waals surface area contributed by atoms with Gasteiger partial charge in [0.1, 0.15) is 0 Å². The van der Waals surface area contributed by atoms with Crippen molar-refractivity contribution in [1.82, 2.24) is 9.80 Å². The van der Waals surface area contributed by atoms with E-state index < -0.39 is 0 Å². The lowest BCUT2D eigenvalue weighted by atomic mass is 10.1. The number of likely N-dealkylation sites (N-methyl/N-ethyl adjacent to an activating group) is 1. The van der Waals surface area contributed by atoms with Crippen molar-refractivity contribution in [2.75, 3.05) is 20.1 Å². The molecule has 86 valence electrons. The van der Waals surface area contributed by atoms with Gasteiger partial charge in [-0.05, 0) is 34.7 Å². The Morgan fingerprint density at radius 2 is 1.50 bits per heavy atom. The Balaban J connectivity index is 0.000000791. The monoisotopic (exact) mass is 200 g/mol. The molecule has 0 spiro atoms. The lowest BCUT2D eigenvalue weighted by molar-refractivity contribution is 0.0387. The summed E-state index contributed by atoms with van der Waals surface area (Å²) in [6, 6.07) is 2.12. The number of nitrogens with zero attached hydrogens (tertiary/aromatic N) is 2. The van der Waals surface area contributed by atoms with Crippen molar-refractivity contribution < 1.29 is 0 Å². The second kappa shape index (κ2) is 6.41. The van der Waals surface area contributed by atoms with Crippen molar-refractivity contribution in [3.05, 3.63) is 0 Å². The first-order chi connectivity index (χ1) is 6.52. The summed E-state index contributed by atoms with van der Waals surface area (Å²) in [5.41, 5.74) is 0. The number of hydrogen-bond donors (Lipinski definition) is 0. The van der Waals surface area contributed by atoms with Crippen molar-refractivity contribution >= 4 is 0 Å². The Morgan fingerprint density at radius 3 is 1.93 bits per heavy atom. The van der Waals surface area contributed by atoms with Crippen molar-refractivity contribution in [3.63, 3.8) is 0 Å². The fourth-order valence-electron chi connectivity index (χ4n) is 2.05. The van der Waals surface area contributed by atoms with E-state index in [1.807, 2.05) is 13.8 Å². The van der Waals surface area contributed by atoms with Gasteiger partial charge < -0.3 is 4.90 Å². The van der Waals surface area contributed by atoms with Crippen LogP contribution in [0, 0.1) is 0 Å². The third-order valence-electron chi connectivity index (χ3n) is 3.01. The topological polar surface area (TPSA) is 6.48 Å². The molecule has 1 aliphatic rings. The van der Waals surface area contributed by atoms with Crippen LogP contribution in [0.4, 0.5) is 0 Å². The van der Waals surface area contributed by atoms with E-state index >= 15 is 0 Å². The van der Waals surface area contributed by atoms with Crippen LogP contribution in [0.1, 0.15) is 41.5 Å². The minimum atomic E-state index is 0.691. The first kappa shape index (κ1) is 13.9. The maximum absolute atomic E-state index is 2.59. The maximum atomic E-state index is 2.59. The average molecular weight is 200 g/mol. The molecule has 0 amide bonds. The van der Waals surface area contributed by atoms with Crippen LogP contribution in [0.2, 0.25) is 0 Å². The first-order valence-electron chi connectivity index (χ1n) is 5.98. The Morgan fingerprint density at radius 1 is 1.00 bits per heavy atom. The zero-order valence-corrected chi connectivity index (χ0v) is 11.0. The van der Waals surface area contributed by atoms with Crippen LogP contribution < -0.4 is 0 Å². The molecular weight excluding hydrogens is 172 g/mol. The summed E-state index contributed by atoms with van der Waals surface area (Å²) in [6.07, 6.45) is 0. The number of hydrogen-bond acceptors (Lipinski definition) is 2. The highest BCUT2D eigenvalue weighted by molar-refractivity contribution is 4.84.